The van der Waals surface area contributed by atoms with Crippen LogP contribution in [0.3, 0.4) is 0 Å². The van der Waals surface area contributed by atoms with Gasteiger partial charge in [0.25, 0.3) is 5.91 Å². The van der Waals surface area contributed by atoms with Crippen LogP contribution in [0.25, 0.3) is 0 Å². The lowest BCUT2D eigenvalue weighted by molar-refractivity contribution is 0.0963. The molecule has 0 unspecified atom stereocenters. The molecule has 0 aliphatic heterocycles. The van der Waals surface area contributed by atoms with Gasteiger partial charge in [-0.15, -0.1) is 0 Å². The molecule has 0 bridgehead atoms. The van der Waals surface area contributed by atoms with E-state index in [4.69, 9.17) is 23.2 Å². The van der Waals surface area contributed by atoms with Gasteiger partial charge in [0.05, 0.1) is 16.3 Å². The first-order valence-electron chi connectivity index (χ1n) is 5.79. The van der Waals surface area contributed by atoms with E-state index in [1.807, 2.05) is 6.92 Å². The van der Waals surface area contributed by atoms with Crippen LogP contribution >= 0.6 is 23.2 Å². The van der Waals surface area contributed by atoms with Gasteiger partial charge in [-0.1, -0.05) is 30.1 Å². The molecule has 0 aliphatic rings. The van der Waals surface area contributed by atoms with E-state index < -0.39 is 11.9 Å². The summed E-state index contributed by atoms with van der Waals surface area (Å²) in [6, 6.07) is -0.570. The van der Waals surface area contributed by atoms with E-state index in [1.165, 1.54) is 0 Å². The minimum absolute atomic E-state index is 0.0280. The third-order valence-electron chi connectivity index (χ3n) is 2.48. The number of amides is 3. The van der Waals surface area contributed by atoms with Crippen LogP contribution in [0.5, 0.6) is 0 Å². The third-order valence-corrected chi connectivity index (χ3v) is 3.31. The number of hydrogen-bond acceptors (Lipinski definition) is 3. The zero-order valence-corrected chi connectivity index (χ0v) is 12.4. The number of rotatable bonds is 3. The summed E-state index contributed by atoms with van der Waals surface area (Å²) in [6.07, 6.45) is 0.777. The van der Waals surface area contributed by atoms with Crippen LogP contribution < -0.4 is 10.6 Å². The highest BCUT2D eigenvalue weighted by Crippen LogP contribution is 2.26. The van der Waals surface area contributed by atoms with Crippen molar-refractivity contribution in [3.63, 3.8) is 0 Å². The van der Waals surface area contributed by atoms with E-state index >= 15 is 0 Å². The second kappa shape index (κ2) is 6.73. The molecule has 0 atom stereocenters. The van der Waals surface area contributed by atoms with Crippen LogP contribution in [0.1, 0.15) is 35.0 Å². The molecule has 104 valence electrons. The zero-order valence-electron chi connectivity index (χ0n) is 10.9. The van der Waals surface area contributed by atoms with Crippen LogP contribution in [0.2, 0.25) is 10.2 Å². The van der Waals surface area contributed by atoms with Gasteiger partial charge in [-0.3, -0.25) is 10.1 Å². The Hall–Kier alpha value is -1.33. The highest BCUT2D eigenvalue weighted by molar-refractivity contribution is 6.36. The Morgan fingerprint density at radius 2 is 1.89 bits per heavy atom. The molecule has 1 aromatic heterocycles. The van der Waals surface area contributed by atoms with Gasteiger partial charge in [-0.25, -0.2) is 9.78 Å². The summed E-state index contributed by atoms with van der Waals surface area (Å²) in [4.78, 5) is 27.4. The van der Waals surface area contributed by atoms with Crippen molar-refractivity contribution in [3.8, 4) is 0 Å². The van der Waals surface area contributed by atoms with E-state index in [0.717, 1.165) is 6.42 Å². The molecule has 3 amide bonds. The minimum atomic E-state index is -0.620. The molecule has 0 spiro atoms. The van der Waals surface area contributed by atoms with Gasteiger partial charge in [0, 0.05) is 6.54 Å². The number of urea groups is 1. The molecule has 1 rings (SSSR count). The highest BCUT2D eigenvalue weighted by Gasteiger charge is 2.20. The van der Waals surface area contributed by atoms with Crippen LogP contribution in [-0.2, 0) is 0 Å². The van der Waals surface area contributed by atoms with Crippen molar-refractivity contribution in [2.24, 2.45) is 0 Å². The standard InChI is InChI=1S/C12H15Cl2N3O2/c1-4-5-15-12(19)17-11(18)8-6(2)9(13)7(3)16-10(8)14/h4-5H2,1-3H3,(H2,15,17,18,19). The topological polar surface area (TPSA) is 71.1 Å². The summed E-state index contributed by atoms with van der Waals surface area (Å²) in [5.41, 5.74) is 1.15. The predicted octanol–water partition coefficient (Wildman–Crippen LogP) is 2.85. The van der Waals surface area contributed by atoms with Crippen molar-refractivity contribution in [2.75, 3.05) is 6.54 Å². The maximum atomic E-state index is 12.0. The second-order valence-electron chi connectivity index (χ2n) is 4.01. The van der Waals surface area contributed by atoms with Crippen molar-refractivity contribution in [3.05, 3.63) is 27.0 Å². The molecule has 0 radical (unpaired) electrons. The summed E-state index contributed by atoms with van der Waals surface area (Å²) in [7, 11) is 0. The second-order valence-corrected chi connectivity index (χ2v) is 4.75. The average Bonchev–Trinajstić information content (AvgIpc) is 2.33. The number of halogens is 2. The molecular formula is C12H15Cl2N3O2. The Bertz CT molecular complexity index is 518. The van der Waals surface area contributed by atoms with Gasteiger partial charge >= 0.3 is 6.03 Å². The molecule has 0 saturated heterocycles. The number of pyridine rings is 1. The fourth-order valence-corrected chi connectivity index (χ4v) is 1.99. The summed E-state index contributed by atoms with van der Waals surface area (Å²) in [5, 5.41) is 5.11. The molecule has 0 saturated carbocycles. The molecule has 0 fully saturated rings. The number of nitrogens with one attached hydrogen (secondary N) is 2. The number of aryl methyl sites for hydroxylation is 1. The largest absolute Gasteiger partial charge is 0.338 e. The Morgan fingerprint density at radius 3 is 2.47 bits per heavy atom. The molecule has 0 aromatic carbocycles. The number of carbonyl (C=O) groups is 2. The van der Waals surface area contributed by atoms with Crippen molar-refractivity contribution in [2.45, 2.75) is 27.2 Å². The first-order valence-corrected chi connectivity index (χ1v) is 6.55. The molecule has 0 aliphatic carbocycles. The summed E-state index contributed by atoms with van der Waals surface area (Å²) >= 11 is 11.9. The molecule has 1 aromatic rings. The molecule has 19 heavy (non-hydrogen) atoms. The van der Waals surface area contributed by atoms with Crippen molar-refractivity contribution in [1.82, 2.24) is 15.6 Å². The van der Waals surface area contributed by atoms with E-state index in [9.17, 15) is 9.59 Å². The number of nitrogens with zero attached hydrogens (tertiary/aromatic N) is 1. The maximum Gasteiger partial charge on any atom is 0.321 e. The Morgan fingerprint density at radius 1 is 1.26 bits per heavy atom. The summed E-state index contributed by atoms with van der Waals surface area (Å²) in [5.74, 6) is -0.620. The van der Waals surface area contributed by atoms with Gasteiger partial charge in [0.2, 0.25) is 0 Å². The molecule has 2 N–H and O–H groups in total. The normalized spacial score (nSPS) is 10.2. The third kappa shape index (κ3) is 3.81. The smallest absolute Gasteiger partial charge is 0.321 e. The van der Waals surface area contributed by atoms with Crippen molar-refractivity contribution < 1.29 is 9.59 Å². The van der Waals surface area contributed by atoms with E-state index in [0.29, 0.717) is 22.8 Å². The van der Waals surface area contributed by atoms with Gasteiger partial charge in [0.1, 0.15) is 5.15 Å². The van der Waals surface area contributed by atoms with Gasteiger partial charge in [-0.05, 0) is 25.8 Å². The first kappa shape index (κ1) is 15.7. The zero-order chi connectivity index (χ0) is 14.6. The molecular weight excluding hydrogens is 289 g/mol. The Balaban J connectivity index is 2.95. The minimum Gasteiger partial charge on any atom is -0.338 e. The summed E-state index contributed by atoms with van der Waals surface area (Å²) < 4.78 is 0. The van der Waals surface area contributed by atoms with Gasteiger partial charge < -0.3 is 5.32 Å². The lowest BCUT2D eigenvalue weighted by atomic mass is 10.1. The quantitative estimate of drug-likeness (QED) is 0.844. The summed E-state index contributed by atoms with van der Waals surface area (Å²) in [6.45, 7) is 5.74. The monoisotopic (exact) mass is 303 g/mol. The SMILES string of the molecule is CCCNC(=O)NC(=O)c1c(Cl)nc(C)c(Cl)c1C. The Labute approximate surface area is 121 Å². The van der Waals surface area contributed by atoms with Gasteiger partial charge in [0.15, 0.2) is 0 Å². The maximum absolute atomic E-state index is 12.0. The van der Waals surface area contributed by atoms with Crippen molar-refractivity contribution >= 4 is 35.1 Å². The number of aromatic nitrogens is 1. The van der Waals surface area contributed by atoms with E-state index in [2.05, 4.69) is 15.6 Å². The van der Waals surface area contributed by atoms with Crippen LogP contribution in [0, 0.1) is 13.8 Å². The fourth-order valence-electron chi connectivity index (χ4n) is 1.50. The first-order chi connectivity index (χ1) is 8.88. The fraction of sp³-hybridized carbons (Fsp3) is 0.417. The van der Waals surface area contributed by atoms with Crippen LogP contribution in [0.15, 0.2) is 0 Å². The molecule has 7 heteroatoms. The molecule has 5 nitrogen and oxygen atoms in total. The molecule has 1 heterocycles. The number of carbonyl (C=O) groups excluding carboxylic acids is 2. The predicted molar refractivity (Wildman–Crippen MR) is 74.9 cm³/mol. The van der Waals surface area contributed by atoms with E-state index in [1.54, 1.807) is 13.8 Å². The van der Waals surface area contributed by atoms with Crippen molar-refractivity contribution in [1.29, 1.82) is 0 Å². The number of imide groups is 1. The van der Waals surface area contributed by atoms with E-state index in [-0.39, 0.29) is 10.7 Å². The average molecular weight is 304 g/mol. The van der Waals surface area contributed by atoms with Gasteiger partial charge in [-0.2, -0.15) is 0 Å². The lowest BCUT2D eigenvalue weighted by Crippen LogP contribution is -2.40. The lowest BCUT2D eigenvalue weighted by Gasteiger charge is -2.11. The Kier molecular flexibility index (Phi) is 5.57. The van der Waals surface area contributed by atoms with Crippen LogP contribution in [0.4, 0.5) is 4.79 Å². The highest BCUT2D eigenvalue weighted by atomic mass is 35.5. The number of hydrogen-bond donors (Lipinski definition) is 2. The van der Waals surface area contributed by atoms with Crippen LogP contribution in [-0.4, -0.2) is 23.5 Å².